The first-order valence-corrected chi connectivity index (χ1v) is 5.94. The van der Waals surface area contributed by atoms with Gasteiger partial charge in [-0.25, -0.2) is 8.78 Å². The van der Waals surface area contributed by atoms with Crippen molar-refractivity contribution in [2.24, 2.45) is 5.73 Å². The molecule has 2 nitrogen and oxygen atoms in total. The summed E-state index contributed by atoms with van der Waals surface area (Å²) in [5.74, 6) is -2.41. The summed E-state index contributed by atoms with van der Waals surface area (Å²) in [5, 5.41) is 0. The topological polar surface area (TPSA) is 29.3 Å². The van der Waals surface area contributed by atoms with Crippen molar-refractivity contribution in [3.05, 3.63) is 0 Å². The number of halogens is 4. The van der Waals surface area contributed by atoms with Crippen LogP contribution in [0.2, 0.25) is 0 Å². The van der Waals surface area contributed by atoms with Crippen molar-refractivity contribution in [3.8, 4) is 0 Å². The van der Waals surface area contributed by atoms with Crippen LogP contribution < -0.4 is 5.73 Å². The second-order valence-electron chi connectivity index (χ2n) is 4.40. The number of piperidine rings is 1. The highest BCUT2D eigenvalue weighted by molar-refractivity contribution is 5.85. The molecule has 0 aromatic rings. The summed E-state index contributed by atoms with van der Waals surface area (Å²) < 4.78 is 25.7. The Balaban J connectivity index is 0. The van der Waals surface area contributed by atoms with Crippen molar-refractivity contribution >= 4 is 24.8 Å². The number of rotatable bonds is 6. The third-order valence-corrected chi connectivity index (χ3v) is 3.02. The SMILES string of the molecule is Cl.Cl.NCCCCCCN1CCC(F)(F)CC1. The summed E-state index contributed by atoms with van der Waals surface area (Å²) in [5.41, 5.74) is 5.39. The van der Waals surface area contributed by atoms with Gasteiger partial charge in [-0.05, 0) is 25.9 Å². The summed E-state index contributed by atoms with van der Waals surface area (Å²) in [7, 11) is 0. The molecule has 1 heterocycles. The number of nitrogens with two attached hydrogens (primary N) is 1. The second-order valence-corrected chi connectivity index (χ2v) is 4.40. The van der Waals surface area contributed by atoms with E-state index in [1.54, 1.807) is 0 Å². The van der Waals surface area contributed by atoms with E-state index in [0.29, 0.717) is 13.1 Å². The average molecular weight is 293 g/mol. The van der Waals surface area contributed by atoms with E-state index < -0.39 is 5.92 Å². The molecular formula is C11H24Cl2F2N2. The molecule has 106 valence electrons. The quantitative estimate of drug-likeness (QED) is 0.763. The lowest BCUT2D eigenvalue weighted by atomic mass is 10.1. The highest BCUT2D eigenvalue weighted by atomic mass is 35.5. The van der Waals surface area contributed by atoms with Gasteiger partial charge in [-0.2, -0.15) is 0 Å². The van der Waals surface area contributed by atoms with Gasteiger partial charge in [-0.15, -0.1) is 24.8 Å². The minimum atomic E-state index is -2.41. The maximum absolute atomic E-state index is 12.8. The Morgan fingerprint density at radius 2 is 1.47 bits per heavy atom. The molecule has 0 radical (unpaired) electrons. The van der Waals surface area contributed by atoms with Crippen molar-refractivity contribution in [1.29, 1.82) is 0 Å². The molecule has 1 aliphatic heterocycles. The van der Waals surface area contributed by atoms with Crippen molar-refractivity contribution < 1.29 is 8.78 Å². The Bertz CT molecular complexity index is 173. The standard InChI is InChI=1S/C11H22F2N2.2ClH/c12-11(13)5-9-15(10-6-11)8-4-2-1-3-7-14;;/h1-10,14H2;2*1H. The van der Waals surface area contributed by atoms with E-state index in [2.05, 4.69) is 4.90 Å². The molecule has 1 saturated heterocycles. The van der Waals surface area contributed by atoms with E-state index in [1.807, 2.05) is 0 Å². The van der Waals surface area contributed by atoms with Crippen LogP contribution in [0.25, 0.3) is 0 Å². The van der Waals surface area contributed by atoms with Crippen LogP contribution in [0.1, 0.15) is 38.5 Å². The molecule has 1 rings (SSSR count). The van der Waals surface area contributed by atoms with Crippen molar-refractivity contribution in [1.82, 2.24) is 4.90 Å². The van der Waals surface area contributed by atoms with Crippen LogP contribution in [0, 0.1) is 0 Å². The predicted molar refractivity (Wildman–Crippen MR) is 72.6 cm³/mol. The normalized spacial score (nSPS) is 19.2. The lowest BCUT2D eigenvalue weighted by molar-refractivity contribution is -0.0552. The van der Waals surface area contributed by atoms with Crippen LogP contribution >= 0.6 is 24.8 Å². The van der Waals surface area contributed by atoms with E-state index in [-0.39, 0.29) is 37.7 Å². The zero-order valence-corrected chi connectivity index (χ0v) is 11.8. The third-order valence-electron chi connectivity index (χ3n) is 3.02. The number of hydrogen-bond acceptors (Lipinski definition) is 2. The van der Waals surface area contributed by atoms with E-state index in [4.69, 9.17) is 5.73 Å². The molecule has 1 fully saturated rings. The van der Waals surface area contributed by atoms with Crippen LogP contribution in [-0.2, 0) is 0 Å². The number of nitrogens with zero attached hydrogens (tertiary/aromatic N) is 1. The van der Waals surface area contributed by atoms with Gasteiger partial charge in [0.15, 0.2) is 0 Å². The molecule has 0 aromatic heterocycles. The molecule has 0 amide bonds. The maximum Gasteiger partial charge on any atom is 0.250 e. The smallest absolute Gasteiger partial charge is 0.250 e. The molecule has 1 aliphatic rings. The molecule has 6 heteroatoms. The van der Waals surface area contributed by atoms with Crippen molar-refractivity contribution in [2.45, 2.75) is 44.4 Å². The van der Waals surface area contributed by atoms with E-state index >= 15 is 0 Å². The Labute approximate surface area is 115 Å². The molecule has 0 spiro atoms. The molecule has 0 saturated carbocycles. The zero-order chi connectivity index (χ0) is 11.1. The third kappa shape index (κ3) is 9.00. The van der Waals surface area contributed by atoms with Gasteiger partial charge in [0.05, 0.1) is 0 Å². The lowest BCUT2D eigenvalue weighted by Crippen LogP contribution is -2.39. The molecule has 0 unspecified atom stereocenters. The highest BCUT2D eigenvalue weighted by Gasteiger charge is 2.33. The van der Waals surface area contributed by atoms with Crippen LogP contribution in [0.4, 0.5) is 8.78 Å². The van der Waals surface area contributed by atoms with Crippen LogP contribution in [-0.4, -0.2) is 37.0 Å². The zero-order valence-electron chi connectivity index (χ0n) is 10.2. The van der Waals surface area contributed by atoms with Crippen LogP contribution in [0.5, 0.6) is 0 Å². The van der Waals surface area contributed by atoms with Gasteiger partial charge in [0.2, 0.25) is 0 Å². The minimum Gasteiger partial charge on any atom is -0.330 e. The van der Waals surface area contributed by atoms with Gasteiger partial charge in [0.1, 0.15) is 0 Å². The molecule has 0 aliphatic carbocycles. The fourth-order valence-corrected chi connectivity index (χ4v) is 1.94. The van der Waals surface area contributed by atoms with Gasteiger partial charge < -0.3 is 10.6 Å². The summed E-state index contributed by atoms with van der Waals surface area (Å²) in [6.45, 7) is 2.85. The van der Waals surface area contributed by atoms with Crippen molar-refractivity contribution in [3.63, 3.8) is 0 Å². The van der Waals surface area contributed by atoms with Crippen LogP contribution in [0.3, 0.4) is 0 Å². The Morgan fingerprint density at radius 3 is 2.00 bits per heavy atom. The Morgan fingerprint density at radius 1 is 0.941 bits per heavy atom. The summed E-state index contributed by atoms with van der Waals surface area (Å²) in [4.78, 5) is 2.15. The Hall–Kier alpha value is 0.360. The fraction of sp³-hybridized carbons (Fsp3) is 1.00. The average Bonchev–Trinajstić information content (AvgIpc) is 2.20. The van der Waals surface area contributed by atoms with Crippen LogP contribution in [0.15, 0.2) is 0 Å². The first-order chi connectivity index (χ1) is 7.14. The number of likely N-dealkylation sites (tertiary alicyclic amines) is 1. The van der Waals surface area contributed by atoms with Gasteiger partial charge in [-0.1, -0.05) is 12.8 Å². The van der Waals surface area contributed by atoms with E-state index in [9.17, 15) is 8.78 Å². The maximum atomic E-state index is 12.8. The summed E-state index contributed by atoms with van der Waals surface area (Å²) >= 11 is 0. The number of hydrogen-bond donors (Lipinski definition) is 1. The first kappa shape index (κ1) is 19.7. The van der Waals surface area contributed by atoms with E-state index in [1.165, 1.54) is 12.8 Å². The van der Waals surface area contributed by atoms with Gasteiger partial charge in [-0.3, -0.25) is 0 Å². The fourth-order valence-electron chi connectivity index (χ4n) is 1.94. The second kappa shape index (κ2) is 10.3. The lowest BCUT2D eigenvalue weighted by Gasteiger charge is -2.31. The molecular weight excluding hydrogens is 269 g/mol. The van der Waals surface area contributed by atoms with Crippen molar-refractivity contribution in [2.75, 3.05) is 26.2 Å². The first-order valence-electron chi connectivity index (χ1n) is 5.94. The monoisotopic (exact) mass is 292 g/mol. The number of alkyl halides is 2. The molecule has 17 heavy (non-hydrogen) atoms. The highest BCUT2D eigenvalue weighted by Crippen LogP contribution is 2.27. The predicted octanol–water partition coefficient (Wildman–Crippen LogP) is 3.08. The van der Waals surface area contributed by atoms with Gasteiger partial charge in [0.25, 0.3) is 5.92 Å². The minimum absolute atomic E-state index is 0. The summed E-state index contributed by atoms with van der Waals surface area (Å²) in [6.07, 6.45) is 4.61. The van der Waals surface area contributed by atoms with E-state index in [0.717, 1.165) is 25.9 Å². The van der Waals surface area contributed by atoms with Gasteiger partial charge >= 0.3 is 0 Å². The largest absolute Gasteiger partial charge is 0.330 e. The molecule has 0 atom stereocenters. The molecule has 2 N–H and O–H groups in total. The number of unbranched alkanes of at least 4 members (excludes halogenated alkanes) is 3. The Kier molecular flexibility index (Phi) is 11.9. The van der Waals surface area contributed by atoms with Gasteiger partial charge in [0, 0.05) is 25.9 Å². The molecule has 0 bridgehead atoms. The summed E-state index contributed by atoms with van der Waals surface area (Å²) in [6, 6.07) is 0. The molecule has 0 aromatic carbocycles.